The zero-order chi connectivity index (χ0) is 14.1. The van der Waals surface area contributed by atoms with E-state index in [1.54, 1.807) is 12.3 Å². The second-order valence-corrected chi connectivity index (χ2v) is 5.76. The number of fused-ring (bicyclic) bond motifs is 1. The van der Waals surface area contributed by atoms with Crippen LogP contribution in [0.1, 0.15) is 22.4 Å². The number of nitrogens with two attached hydrogens (primary N) is 1. The normalized spacial score (nSPS) is 12.9. The highest BCUT2D eigenvalue weighted by atomic mass is 32.1. The monoisotopic (exact) mass is 287 g/mol. The summed E-state index contributed by atoms with van der Waals surface area (Å²) in [5.74, 6) is 0.176. The van der Waals surface area contributed by atoms with Crippen LogP contribution in [0.3, 0.4) is 0 Å². The van der Waals surface area contributed by atoms with Gasteiger partial charge in [-0.1, -0.05) is 0 Å². The Hall–Kier alpha value is -2.33. The van der Waals surface area contributed by atoms with E-state index in [0.717, 1.165) is 24.8 Å². The zero-order valence-corrected chi connectivity index (χ0v) is 11.5. The second-order valence-electron chi connectivity index (χ2n) is 4.66. The van der Waals surface area contributed by atoms with Crippen LogP contribution in [0.5, 0.6) is 0 Å². The van der Waals surface area contributed by atoms with E-state index in [9.17, 15) is 10.1 Å². The molecule has 0 saturated heterocycles. The van der Waals surface area contributed by atoms with E-state index in [1.165, 1.54) is 20.9 Å². The van der Waals surface area contributed by atoms with Crippen LogP contribution in [-0.4, -0.2) is 15.7 Å². The number of thiophene rings is 1. The number of anilines is 2. The van der Waals surface area contributed by atoms with Crippen LogP contribution in [0.2, 0.25) is 0 Å². The molecule has 1 aliphatic carbocycles. The van der Waals surface area contributed by atoms with E-state index in [4.69, 9.17) is 5.73 Å². The molecule has 0 atom stereocenters. The van der Waals surface area contributed by atoms with Crippen molar-refractivity contribution in [3.8, 4) is 6.07 Å². The molecular weight excluding hydrogens is 274 g/mol. The van der Waals surface area contributed by atoms with Gasteiger partial charge in [-0.2, -0.15) is 10.4 Å². The molecule has 2 aromatic rings. The SMILES string of the molecule is N#Cc1c(NC(=O)Cn2ccc(N)n2)sc2c1CCC2. The highest BCUT2D eigenvalue weighted by Gasteiger charge is 2.23. The average Bonchev–Trinajstić information content (AvgIpc) is 3.05. The molecule has 2 heterocycles. The molecule has 0 aromatic carbocycles. The summed E-state index contributed by atoms with van der Waals surface area (Å²) in [5.41, 5.74) is 7.23. The van der Waals surface area contributed by atoms with Crippen LogP contribution in [0.25, 0.3) is 0 Å². The molecule has 102 valence electrons. The molecule has 0 bridgehead atoms. The first-order valence-corrected chi connectivity index (χ1v) is 7.12. The Kier molecular flexibility index (Phi) is 3.16. The Morgan fingerprint density at radius 1 is 1.60 bits per heavy atom. The van der Waals surface area contributed by atoms with Gasteiger partial charge in [-0.05, 0) is 30.9 Å². The largest absolute Gasteiger partial charge is 0.382 e. The Morgan fingerprint density at radius 2 is 2.45 bits per heavy atom. The highest BCUT2D eigenvalue weighted by molar-refractivity contribution is 7.16. The molecule has 2 aromatic heterocycles. The van der Waals surface area contributed by atoms with E-state index in [0.29, 0.717) is 16.4 Å². The van der Waals surface area contributed by atoms with Crippen LogP contribution in [-0.2, 0) is 24.2 Å². The number of nitrogens with zero attached hydrogens (tertiary/aromatic N) is 3. The first-order chi connectivity index (χ1) is 9.67. The summed E-state index contributed by atoms with van der Waals surface area (Å²) in [6.07, 6.45) is 4.67. The average molecular weight is 287 g/mol. The Balaban J connectivity index is 1.75. The fraction of sp³-hybridized carbons (Fsp3) is 0.308. The summed E-state index contributed by atoms with van der Waals surface area (Å²) < 4.78 is 1.47. The molecule has 7 heteroatoms. The van der Waals surface area contributed by atoms with E-state index < -0.39 is 0 Å². The predicted octanol–water partition coefficient (Wildman–Crippen LogP) is 1.53. The van der Waals surface area contributed by atoms with Crippen molar-refractivity contribution in [2.75, 3.05) is 11.1 Å². The zero-order valence-electron chi connectivity index (χ0n) is 10.7. The van der Waals surface area contributed by atoms with Gasteiger partial charge in [0, 0.05) is 11.1 Å². The third-order valence-corrected chi connectivity index (χ3v) is 4.46. The molecule has 6 nitrogen and oxygen atoms in total. The van der Waals surface area contributed by atoms with Crippen LogP contribution in [0.4, 0.5) is 10.8 Å². The molecule has 1 aliphatic rings. The summed E-state index contributed by atoms with van der Waals surface area (Å²) in [7, 11) is 0. The molecule has 20 heavy (non-hydrogen) atoms. The van der Waals surface area contributed by atoms with Crippen LogP contribution >= 0.6 is 11.3 Å². The fourth-order valence-electron chi connectivity index (χ4n) is 2.39. The minimum absolute atomic E-state index is 0.0879. The second kappa shape index (κ2) is 4.98. The minimum Gasteiger partial charge on any atom is -0.382 e. The lowest BCUT2D eigenvalue weighted by Crippen LogP contribution is -2.19. The van der Waals surface area contributed by atoms with Gasteiger partial charge in [-0.15, -0.1) is 11.3 Å². The summed E-state index contributed by atoms with van der Waals surface area (Å²) in [5, 5.41) is 16.7. The Labute approximate surface area is 119 Å². The number of nitrogen functional groups attached to an aromatic ring is 1. The number of hydrogen-bond donors (Lipinski definition) is 2. The van der Waals surface area contributed by atoms with Gasteiger partial charge in [0.1, 0.15) is 23.4 Å². The smallest absolute Gasteiger partial charge is 0.246 e. The van der Waals surface area contributed by atoms with Crippen LogP contribution < -0.4 is 11.1 Å². The standard InChI is InChI=1S/C13H13N5OS/c14-6-9-8-2-1-3-10(8)20-13(9)16-12(19)7-18-5-4-11(15)17-18/h4-5H,1-3,7H2,(H2,15,17)(H,16,19). The maximum Gasteiger partial charge on any atom is 0.246 e. The van der Waals surface area contributed by atoms with Gasteiger partial charge < -0.3 is 11.1 Å². The number of carbonyl (C=O) groups excluding carboxylic acids is 1. The van der Waals surface area contributed by atoms with E-state index >= 15 is 0 Å². The lowest BCUT2D eigenvalue weighted by molar-refractivity contribution is -0.116. The van der Waals surface area contributed by atoms with Gasteiger partial charge in [-0.3, -0.25) is 9.48 Å². The number of hydrogen-bond acceptors (Lipinski definition) is 5. The first-order valence-electron chi connectivity index (χ1n) is 6.31. The predicted molar refractivity (Wildman–Crippen MR) is 76.3 cm³/mol. The molecule has 3 N–H and O–H groups in total. The van der Waals surface area contributed by atoms with Gasteiger partial charge in [-0.25, -0.2) is 0 Å². The third kappa shape index (κ3) is 2.26. The fourth-order valence-corrected chi connectivity index (χ4v) is 3.65. The van der Waals surface area contributed by atoms with Gasteiger partial charge in [0.25, 0.3) is 0 Å². The maximum absolute atomic E-state index is 12.0. The minimum atomic E-state index is -0.204. The molecule has 1 amide bonds. The molecule has 0 aliphatic heterocycles. The number of rotatable bonds is 3. The Morgan fingerprint density at radius 3 is 3.15 bits per heavy atom. The number of nitrogens with one attached hydrogen (secondary N) is 1. The van der Waals surface area contributed by atoms with Crippen molar-refractivity contribution in [2.24, 2.45) is 0 Å². The number of nitriles is 1. The molecule has 0 unspecified atom stereocenters. The quantitative estimate of drug-likeness (QED) is 0.894. The van der Waals surface area contributed by atoms with E-state index in [2.05, 4.69) is 16.5 Å². The molecule has 0 spiro atoms. The lowest BCUT2D eigenvalue weighted by atomic mass is 10.1. The summed E-state index contributed by atoms with van der Waals surface area (Å²) in [6, 6.07) is 3.84. The van der Waals surface area contributed by atoms with Crippen molar-refractivity contribution in [3.05, 3.63) is 28.3 Å². The maximum atomic E-state index is 12.0. The molecule has 0 fully saturated rings. The summed E-state index contributed by atoms with van der Waals surface area (Å²) >= 11 is 1.51. The van der Waals surface area contributed by atoms with Gasteiger partial charge in [0.15, 0.2) is 0 Å². The number of aromatic nitrogens is 2. The van der Waals surface area contributed by atoms with Crippen LogP contribution in [0, 0.1) is 11.3 Å². The Bertz CT molecular complexity index is 709. The van der Waals surface area contributed by atoms with Crippen molar-refractivity contribution in [1.82, 2.24) is 9.78 Å². The summed E-state index contributed by atoms with van der Waals surface area (Å²) in [6.45, 7) is 0.0879. The van der Waals surface area contributed by atoms with E-state index in [-0.39, 0.29) is 12.5 Å². The lowest BCUT2D eigenvalue weighted by Gasteiger charge is -2.04. The van der Waals surface area contributed by atoms with Gasteiger partial charge in [0.2, 0.25) is 5.91 Å². The first kappa shape index (κ1) is 12.7. The van der Waals surface area contributed by atoms with Gasteiger partial charge >= 0.3 is 0 Å². The van der Waals surface area contributed by atoms with Crippen molar-refractivity contribution in [2.45, 2.75) is 25.8 Å². The van der Waals surface area contributed by atoms with E-state index in [1.807, 2.05) is 0 Å². The molecule has 0 saturated carbocycles. The van der Waals surface area contributed by atoms with Crippen molar-refractivity contribution >= 4 is 28.1 Å². The third-order valence-electron chi connectivity index (χ3n) is 3.25. The van der Waals surface area contributed by atoms with Gasteiger partial charge in [0.05, 0.1) is 5.56 Å². The topological polar surface area (TPSA) is 96.7 Å². The molecular formula is C13H13N5OS. The van der Waals surface area contributed by atoms with Crippen LogP contribution in [0.15, 0.2) is 12.3 Å². The number of amides is 1. The highest BCUT2D eigenvalue weighted by Crippen LogP contribution is 2.38. The summed E-state index contributed by atoms with van der Waals surface area (Å²) in [4.78, 5) is 13.2. The number of aryl methyl sites for hydroxylation is 1. The number of carbonyl (C=O) groups is 1. The van der Waals surface area contributed by atoms with Crippen molar-refractivity contribution in [3.63, 3.8) is 0 Å². The molecule has 0 radical (unpaired) electrons. The molecule has 3 rings (SSSR count). The van der Waals surface area contributed by atoms with Crippen molar-refractivity contribution < 1.29 is 4.79 Å². The van der Waals surface area contributed by atoms with Crippen molar-refractivity contribution in [1.29, 1.82) is 5.26 Å².